The molecule has 0 saturated carbocycles. The number of fused-ring (bicyclic) bond motifs is 1. The van der Waals surface area contributed by atoms with Gasteiger partial charge in [0.1, 0.15) is 12.7 Å². The molecule has 0 N–H and O–H groups in total. The molecule has 20 heavy (non-hydrogen) atoms. The van der Waals surface area contributed by atoms with Crippen LogP contribution >= 0.6 is 15.9 Å². The maximum absolute atomic E-state index is 11.2. The van der Waals surface area contributed by atoms with E-state index in [0.29, 0.717) is 0 Å². The van der Waals surface area contributed by atoms with Gasteiger partial charge in [-0.3, -0.25) is 9.59 Å². The van der Waals surface area contributed by atoms with Crippen LogP contribution in [0.4, 0.5) is 4.79 Å². The first-order valence-electron chi connectivity index (χ1n) is 5.86. The molecule has 2 fully saturated rings. The number of alkyl halides is 1. The van der Waals surface area contributed by atoms with Crippen LogP contribution < -0.4 is 0 Å². The van der Waals surface area contributed by atoms with E-state index in [4.69, 9.17) is 23.7 Å². The van der Waals surface area contributed by atoms with Gasteiger partial charge in [-0.2, -0.15) is 0 Å². The lowest BCUT2D eigenvalue weighted by Crippen LogP contribution is -2.57. The van der Waals surface area contributed by atoms with Crippen LogP contribution in [-0.2, 0) is 33.3 Å². The zero-order valence-corrected chi connectivity index (χ0v) is 12.3. The molecule has 2 heterocycles. The van der Waals surface area contributed by atoms with E-state index in [1.54, 1.807) is 0 Å². The number of rotatable bonds is 3. The predicted molar refractivity (Wildman–Crippen MR) is 64.9 cm³/mol. The number of carbonyl (C=O) groups is 3. The van der Waals surface area contributed by atoms with Crippen molar-refractivity contribution < 1.29 is 38.1 Å². The van der Waals surface area contributed by atoms with Gasteiger partial charge in [-0.05, 0) is 0 Å². The van der Waals surface area contributed by atoms with Crippen LogP contribution in [0, 0.1) is 0 Å². The Morgan fingerprint density at radius 3 is 2.45 bits per heavy atom. The van der Waals surface area contributed by atoms with Gasteiger partial charge in [0.2, 0.25) is 0 Å². The van der Waals surface area contributed by atoms with Gasteiger partial charge in [0, 0.05) is 13.8 Å². The second kappa shape index (κ2) is 5.96. The average molecular weight is 353 g/mol. The third-order valence-corrected chi connectivity index (χ3v) is 3.53. The van der Waals surface area contributed by atoms with E-state index in [1.165, 1.54) is 13.8 Å². The van der Waals surface area contributed by atoms with Crippen LogP contribution in [0.3, 0.4) is 0 Å². The first kappa shape index (κ1) is 15.0. The largest absolute Gasteiger partial charge is 0.509 e. The molecule has 0 aromatic carbocycles. The Hall–Kier alpha value is -1.35. The van der Waals surface area contributed by atoms with Gasteiger partial charge in [-0.15, -0.1) is 0 Å². The SMILES string of the molecule is CC(=O)OC[C@H]1O[C@H](Br)[C@@H]2OC(=O)O[C@H]2[C@@H]1OC(C)=O. The van der Waals surface area contributed by atoms with E-state index >= 15 is 0 Å². The van der Waals surface area contributed by atoms with Gasteiger partial charge in [-0.1, -0.05) is 15.9 Å². The fourth-order valence-electron chi connectivity index (χ4n) is 2.04. The summed E-state index contributed by atoms with van der Waals surface area (Å²) in [5, 5.41) is -0.647. The maximum Gasteiger partial charge on any atom is 0.509 e. The van der Waals surface area contributed by atoms with E-state index in [-0.39, 0.29) is 6.61 Å². The van der Waals surface area contributed by atoms with Crippen LogP contribution in [0.5, 0.6) is 0 Å². The molecule has 0 radical (unpaired) electrons. The van der Waals surface area contributed by atoms with E-state index < -0.39 is 47.5 Å². The summed E-state index contributed by atoms with van der Waals surface area (Å²) in [7, 11) is 0. The maximum atomic E-state index is 11.2. The molecule has 9 heteroatoms. The second-order valence-corrected chi connectivity index (χ2v) is 5.22. The van der Waals surface area contributed by atoms with Gasteiger partial charge < -0.3 is 23.7 Å². The molecule has 2 rings (SSSR count). The van der Waals surface area contributed by atoms with Crippen LogP contribution in [0.25, 0.3) is 0 Å². The first-order chi connectivity index (χ1) is 9.38. The summed E-state index contributed by atoms with van der Waals surface area (Å²) >= 11 is 3.20. The zero-order chi connectivity index (χ0) is 14.9. The molecule has 8 nitrogen and oxygen atoms in total. The van der Waals surface area contributed by atoms with Crippen LogP contribution in [0.15, 0.2) is 0 Å². The highest BCUT2D eigenvalue weighted by atomic mass is 79.9. The fraction of sp³-hybridized carbons (Fsp3) is 0.727. The van der Waals surface area contributed by atoms with Crippen molar-refractivity contribution in [3.63, 3.8) is 0 Å². The Kier molecular flexibility index (Phi) is 4.48. The molecular formula is C11H13BrO8. The molecule has 2 saturated heterocycles. The molecule has 0 aliphatic carbocycles. The van der Waals surface area contributed by atoms with E-state index in [1.807, 2.05) is 0 Å². The Morgan fingerprint density at radius 2 is 1.85 bits per heavy atom. The second-order valence-electron chi connectivity index (χ2n) is 4.32. The Bertz CT molecular complexity index is 425. The van der Waals surface area contributed by atoms with E-state index in [0.717, 1.165) is 0 Å². The number of esters is 2. The number of halogens is 1. The molecule has 0 unspecified atom stereocenters. The summed E-state index contributed by atoms with van der Waals surface area (Å²) in [4.78, 5) is 33.3. The number of ether oxygens (including phenoxy) is 5. The summed E-state index contributed by atoms with van der Waals surface area (Å²) in [6, 6.07) is 0. The zero-order valence-electron chi connectivity index (χ0n) is 10.7. The summed E-state index contributed by atoms with van der Waals surface area (Å²) in [5.74, 6) is -1.07. The minimum Gasteiger partial charge on any atom is -0.463 e. The van der Waals surface area contributed by atoms with Crippen molar-refractivity contribution in [1.82, 2.24) is 0 Å². The smallest absolute Gasteiger partial charge is 0.463 e. The molecule has 0 aromatic rings. The minimum atomic E-state index is -0.905. The minimum absolute atomic E-state index is 0.129. The standard InChI is InChI=1S/C11H13BrO8/c1-4(13)16-3-6-7(17-5(2)14)8-9(10(12)18-6)20-11(15)19-8/h6-10H,3H2,1-2H3/t6-,7-,8+,9-,10+/m1/s1. The van der Waals surface area contributed by atoms with E-state index in [2.05, 4.69) is 15.9 Å². The quantitative estimate of drug-likeness (QED) is 0.411. The van der Waals surface area contributed by atoms with Crippen molar-refractivity contribution in [3.05, 3.63) is 0 Å². The summed E-state index contributed by atoms with van der Waals surface area (Å²) < 4.78 is 25.4. The third kappa shape index (κ3) is 3.21. The van der Waals surface area contributed by atoms with Gasteiger partial charge in [-0.25, -0.2) is 4.79 Å². The average Bonchev–Trinajstić information content (AvgIpc) is 2.72. The van der Waals surface area contributed by atoms with Crippen molar-refractivity contribution in [1.29, 1.82) is 0 Å². The third-order valence-electron chi connectivity index (χ3n) is 2.79. The summed E-state index contributed by atoms with van der Waals surface area (Å²) in [6.45, 7) is 2.34. The molecule has 112 valence electrons. The summed E-state index contributed by atoms with van der Waals surface area (Å²) in [6.07, 6.45) is -4.08. The lowest BCUT2D eigenvalue weighted by Gasteiger charge is -2.38. The summed E-state index contributed by atoms with van der Waals surface area (Å²) in [5.41, 5.74) is 0. The monoisotopic (exact) mass is 352 g/mol. The van der Waals surface area contributed by atoms with Crippen LogP contribution in [0.1, 0.15) is 13.8 Å². The molecule has 0 bridgehead atoms. The van der Waals surface area contributed by atoms with Crippen molar-refractivity contribution in [2.45, 2.75) is 43.3 Å². The van der Waals surface area contributed by atoms with E-state index in [9.17, 15) is 14.4 Å². The lowest BCUT2D eigenvalue weighted by molar-refractivity contribution is -0.199. The molecule has 0 aromatic heterocycles. The van der Waals surface area contributed by atoms with Crippen LogP contribution in [-0.4, -0.2) is 54.1 Å². The van der Waals surface area contributed by atoms with Crippen molar-refractivity contribution in [3.8, 4) is 0 Å². The van der Waals surface area contributed by atoms with Crippen molar-refractivity contribution in [2.24, 2.45) is 0 Å². The molecule has 2 aliphatic heterocycles. The molecule has 0 spiro atoms. The molecular weight excluding hydrogens is 340 g/mol. The highest BCUT2D eigenvalue weighted by molar-refractivity contribution is 9.09. The van der Waals surface area contributed by atoms with Crippen LogP contribution in [0.2, 0.25) is 0 Å². The Labute approximate surface area is 122 Å². The van der Waals surface area contributed by atoms with Gasteiger partial charge in [0.15, 0.2) is 23.3 Å². The molecule has 5 atom stereocenters. The lowest BCUT2D eigenvalue weighted by atomic mass is 10.0. The van der Waals surface area contributed by atoms with Crippen molar-refractivity contribution in [2.75, 3.05) is 6.61 Å². The highest BCUT2D eigenvalue weighted by Crippen LogP contribution is 2.35. The Morgan fingerprint density at radius 1 is 1.20 bits per heavy atom. The van der Waals surface area contributed by atoms with Gasteiger partial charge in [0.05, 0.1) is 0 Å². The molecule has 2 aliphatic rings. The highest BCUT2D eigenvalue weighted by Gasteiger charge is 2.55. The number of carbonyl (C=O) groups excluding carboxylic acids is 3. The first-order valence-corrected chi connectivity index (χ1v) is 6.77. The normalized spacial score (nSPS) is 35.5. The topological polar surface area (TPSA) is 97.4 Å². The number of hydrogen-bond donors (Lipinski definition) is 0. The predicted octanol–water partition coefficient (Wildman–Crippen LogP) is 0.505. The number of hydrogen-bond acceptors (Lipinski definition) is 8. The fourth-order valence-corrected chi connectivity index (χ4v) is 2.73. The van der Waals surface area contributed by atoms with Gasteiger partial charge in [0.25, 0.3) is 0 Å². The molecule has 0 amide bonds. The Balaban J connectivity index is 2.14. The van der Waals surface area contributed by atoms with Gasteiger partial charge >= 0.3 is 18.1 Å². The van der Waals surface area contributed by atoms with Crippen molar-refractivity contribution >= 4 is 34.0 Å².